The minimum Gasteiger partial charge on any atom is -0.465 e. The maximum absolute atomic E-state index is 12.7. The lowest BCUT2D eigenvalue weighted by Crippen LogP contribution is -2.49. The van der Waals surface area contributed by atoms with Gasteiger partial charge in [-0.3, -0.25) is 10.1 Å². The van der Waals surface area contributed by atoms with E-state index in [1.54, 1.807) is 21.6 Å². The SMILES string of the molecule is O=C(O)NCCSSCCNC(=O)CNC(c1ccccc1)(c1ccccc1)c1ccccc1. The largest absolute Gasteiger partial charge is 0.465 e. The zero-order valence-corrected chi connectivity index (χ0v) is 20.4. The monoisotopic (exact) mass is 495 g/mol. The number of benzene rings is 3. The Balaban J connectivity index is 1.66. The molecule has 0 saturated heterocycles. The fourth-order valence-corrected chi connectivity index (χ4v) is 5.51. The molecule has 8 heteroatoms. The van der Waals surface area contributed by atoms with Crippen molar-refractivity contribution in [1.82, 2.24) is 16.0 Å². The molecule has 3 rings (SSSR count). The van der Waals surface area contributed by atoms with Gasteiger partial charge in [-0.05, 0) is 16.7 Å². The highest BCUT2D eigenvalue weighted by Crippen LogP contribution is 2.36. The van der Waals surface area contributed by atoms with Gasteiger partial charge in [-0.1, -0.05) is 113 Å². The molecule has 3 aromatic rings. The number of carboxylic acid groups (broad SMARTS) is 1. The summed E-state index contributed by atoms with van der Waals surface area (Å²) in [5, 5.41) is 17.4. The van der Waals surface area contributed by atoms with E-state index >= 15 is 0 Å². The molecule has 6 nitrogen and oxygen atoms in total. The zero-order chi connectivity index (χ0) is 24.1. The highest BCUT2D eigenvalue weighted by molar-refractivity contribution is 8.76. The van der Waals surface area contributed by atoms with Crippen LogP contribution in [0, 0.1) is 0 Å². The van der Waals surface area contributed by atoms with Crippen LogP contribution in [-0.2, 0) is 10.3 Å². The van der Waals surface area contributed by atoms with Crippen LogP contribution in [0.3, 0.4) is 0 Å². The van der Waals surface area contributed by atoms with Crippen molar-refractivity contribution in [3.63, 3.8) is 0 Å². The topological polar surface area (TPSA) is 90.5 Å². The summed E-state index contributed by atoms with van der Waals surface area (Å²) >= 11 is 0. The lowest BCUT2D eigenvalue weighted by Gasteiger charge is -2.37. The minimum absolute atomic E-state index is 0.0784. The molecule has 0 bridgehead atoms. The van der Waals surface area contributed by atoms with Crippen LogP contribution >= 0.6 is 21.6 Å². The molecule has 0 saturated carbocycles. The van der Waals surface area contributed by atoms with Crippen molar-refractivity contribution in [2.75, 3.05) is 31.1 Å². The van der Waals surface area contributed by atoms with Crippen molar-refractivity contribution < 1.29 is 14.7 Å². The normalized spacial score (nSPS) is 11.1. The molecule has 0 unspecified atom stereocenters. The van der Waals surface area contributed by atoms with Crippen molar-refractivity contribution in [3.8, 4) is 0 Å². The van der Waals surface area contributed by atoms with E-state index in [2.05, 4.69) is 52.3 Å². The van der Waals surface area contributed by atoms with Crippen LogP contribution in [0.1, 0.15) is 16.7 Å². The van der Waals surface area contributed by atoms with Crippen molar-refractivity contribution in [2.45, 2.75) is 5.54 Å². The van der Waals surface area contributed by atoms with Crippen molar-refractivity contribution in [2.24, 2.45) is 0 Å². The van der Waals surface area contributed by atoms with Crippen LogP contribution in [0.4, 0.5) is 4.79 Å². The third-order valence-electron chi connectivity index (χ3n) is 5.19. The molecule has 0 aliphatic carbocycles. The molecule has 0 aliphatic rings. The predicted molar refractivity (Wildman–Crippen MR) is 141 cm³/mol. The van der Waals surface area contributed by atoms with Gasteiger partial charge < -0.3 is 15.7 Å². The minimum atomic E-state index is -1.01. The summed E-state index contributed by atoms with van der Waals surface area (Å²) in [5.41, 5.74) is 2.49. The molecular weight excluding hydrogens is 466 g/mol. The van der Waals surface area contributed by atoms with Gasteiger partial charge in [0.2, 0.25) is 5.91 Å². The van der Waals surface area contributed by atoms with Crippen molar-refractivity contribution in [1.29, 1.82) is 0 Å². The number of hydrogen-bond acceptors (Lipinski definition) is 5. The fraction of sp³-hybridized carbons (Fsp3) is 0.231. The van der Waals surface area contributed by atoms with Gasteiger partial charge >= 0.3 is 6.09 Å². The van der Waals surface area contributed by atoms with E-state index in [9.17, 15) is 9.59 Å². The Morgan fingerprint density at radius 3 is 1.50 bits per heavy atom. The second-order valence-electron chi connectivity index (χ2n) is 7.43. The number of carbonyl (C=O) groups is 2. The van der Waals surface area contributed by atoms with Crippen LogP contribution in [0.5, 0.6) is 0 Å². The molecule has 2 amide bonds. The number of hydrogen-bond donors (Lipinski definition) is 4. The van der Waals surface area contributed by atoms with E-state index in [0.717, 1.165) is 22.4 Å². The Labute approximate surface area is 208 Å². The molecule has 4 N–H and O–H groups in total. The van der Waals surface area contributed by atoms with Gasteiger partial charge in [-0.2, -0.15) is 0 Å². The summed E-state index contributed by atoms with van der Waals surface area (Å²) in [4.78, 5) is 23.2. The second kappa shape index (κ2) is 13.7. The maximum atomic E-state index is 12.7. The van der Waals surface area contributed by atoms with Crippen LogP contribution in [-0.4, -0.2) is 48.2 Å². The highest BCUT2D eigenvalue weighted by atomic mass is 33.1. The number of rotatable bonds is 13. The molecule has 178 valence electrons. The Kier molecular flexibility index (Phi) is 10.3. The van der Waals surface area contributed by atoms with E-state index in [1.807, 2.05) is 54.6 Å². The first kappa shape index (κ1) is 25.7. The molecule has 0 spiro atoms. The van der Waals surface area contributed by atoms with E-state index in [1.165, 1.54) is 0 Å². The first-order valence-corrected chi connectivity index (χ1v) is 13.5. The van der Waals surface area contributed by atoms with Crippen LogP contribution in [0.2, 0.25) is 0 Å². The summed E-state index contributed by atoms with van der Waals surface area (Å²) in [6, 6.07) is 30.5. The standard InChI is InChI=1S/C26H29N3O3S2/c30-24(27-16-18-33-34-19-17-28-25(31)32)20-29-26(21-10-4-1-5-11-21,22-12-6-2-7-13-22)23-14-8-3-9-15-23/h1-15,28-29H,16-20H2,(H,27,30)(H,31,32). The summed E-state index contributed by atoms with van der Waals surface area (Å²) < 4.78 is 0. The lowest BCUT2D eigenvalue weighted by atomic mass is 9.77. The first-order valence-electron chi connectivity index (χ1n) is 11.0. The van der Waals surface area contributed by atoms with E-state index in [4.69, 9.17) is 5.11 Å². The molecular formula is C26H29N3O3S2. The number of carbonyl (C=O) groups excluding carboxylic acids is 1. The average molecular weight is 496 g/mol. The van der Waals surface area contributed by atoms with Gasteiger partial charge in [0, 0.05) is 24.6 Å². The Morgan fingerprint density at radius 1 is 0.676 bits per heavy atom. The summed E-state index contributed by atoms with van der Waals surface area (Å²) in [6.45, 7) is 1.10. The number of nitrogens with one attached hydrogen (secondary N) is 3. The van der Waals surface area contributed by atoms with Crippen molar-refractivity contribution in [3.05, 3.63) is 108 Å². The molecule has 3 aromatic carbocycles. The van der Waals surface area contributed by atoms with Gasteiger partial charge in [0.25, 0.3) is 0 Å². The second-order valence-corrected chi connectivity index (χ2v) is 10.1. The van der Waals surface area contributed by atoms with E-state index in [-0.39, 0.29) is 12.5 Å². The van der Waals surface area contributed by atoms with Gasteiger partial charge in [0.05, 0.1) is 12.1 Å². The quantitative estimate of drug-likeness (QED) is 0.160. The van der Waals surface area contributed by atoms with E-state index in [0.29, 0.717) is 18.8 Å². The highest BCUT2D eigenvalue weighted by Gasteiger charge is 2.36. The van der Waals surface area contributed by atoms with Crippen LogP contribution < -0.4 is 16.0 Å². The van der Waals surface area contributed by atoms with Gasteiger partial charge in [-0.15, -0.1) is 0 Å². The van der Waals surface area contributed by atoms with E-state index < -0.39 is 11.6 Å². The Hall–Kier alpha value is -2.94. The Morgan fingerprint density at radius 2 is 1.09 bits per heavy atom. The molecule has 0 atom stereocenters. The predicted octanol–water partition coefficient (Wildman–Crippen LogP) is 4.33. The summed E-state index contributed by atoms with van der Waals surface area (Å²) in [6.07, 6.45) is -1.01. The summed E-state index contributed by atoms with van der Waals surface area (Å²) in [7, 11) is 3.19. The first-order chi connectivity index (χ1) is 16.6. The van der Waals surface area contributed by atoms with Crippen LogP contribution in [0.15, 0.2) is 91.0 Å². The lowest BCUT2D eigenvalue weighted by molar-refractivity contribution is -0.120. The van der Waals surface area contributed by atoms with Crippen LogP contribution in [0.25, 0.3) is 0 Å². The summed E-state index contributed by atoms with van der Waals surface area (Å²) in [5.74, 6) is 1.34. The Bertz CT molecular complexity index is 925. The van der Waals surface area contributed by atoms with Crippen molar-refractivity contribution >= 4 is 33.6 Å². The fourth-order valence-electron chi connectivity index (χ4n) is 3.70. The molecule has 0 aliphatic heterocycles. The smallest absolute Gasteiger partial charge is 0.404 e. The van der Waals surface area contributed by atoms with Gasteiger partial charge in [0.1, 0.15) is 0 Å². The van der Waals surface area contributed by atoms with Gasteiger partial charge in [-0.25, -0.2) is 4.79 Å². The molecule has 0 aromatic heterocycles. The average Bonchev–Trinajstić information content (AvgIpc) is 2.88. The molecule has 0 heterocycles. The maximum Gasteiger partial charge on any atom is 0.404 e. The third kappa shape index (κ3) is 7.28. The molecule has 0 radical (unpaired) electrons. The number of amides is 2. The molecule has 0 fully saturated rings. The third-order valence-corrected chi connectivity index (χ3v) is 7.60. The zero-order valence-electron chi connectivity index (χ0n) is 18.8. The molecule has 34 heavy (non-hydrogen) atoms. The van der Waals surface area contributed by atoms with Gasteiger partial charge in [0.15, 0.2) is 0 Å².